The largest absolute Gasteiger partial charge is 0.327 e. The lowest BCUT2D eigenvalue weighted by molar-refractivity contribution is -0.120. The SMILES string of the molecule is Cc1cccc(NC(=O)C2CCCC2N)c1. The maximum absolute atomic E-state index is 11.9. The average Bonchev–Trinajstić information content (AvgIpc) is 2.64. The molecule has 2 rings (SSSR count). The summed E-state index contributed by atoms with van der Waals surface area (Å²) in [6.45, 7) is 2.01. The molecule has 1 saturated carbocycles. The first-order valence-corrected chi connectivity index (χ1v) is 5.80. The Labute approximate surface area is 96.0 Å². The van der Waals surface area contributed by atoms with Crippen LogP contribution in [0.5, 0.6) is 0 Å². The standard InChI is InChI=1S/C13H18N2O/c1-9-4-2-5-10(8-9)15-13(16)11-6-3-7-12(11)14/h2,4-5,8,11-12H,3,6-7,14H2,1H3,(H,15,16). The van der Waals surface area contributed by atoms with Crippen molar-refractivity contribution < 1.29 is 4.79 Å². The summed E-state index contributed by atoms with van der Waals surface area (Å²) >= 11 is 0. The first kappa shape index (κ1) is 11.1. The van der Waals surface area contributed by atoms with E-state index in [4.69, 9.17) is 5.73 Å². The van der Waals surface area contributed by atoms with E-state index >= 15 is 0 Å². The molecular formula is C13H18N2O. The van der Waals surface area contributed by atoms with Crippen LogP contribution in [0.1, 0.15) is 24.8 Å². The molecule has 16 heavy (non-hydrogen) atoms. The summed E-state index contributed by atoms with van der Waals surface area (Å²) in [5.74, 6) is 0.0520. The second kappa shape index (κ2) is 4.66. The van der Waals surface area contributed by atoms with E-state index in [1.54, 1.807) is 0 Å². The van der Waals surface area contributed by atoms with Crippen molar-refractivity contribution in [3.05, 3.63) is 29.8 Å². The number of carbonyl (C=O) groups excluding carboxylic acids is 1. The van der Waals surface area contributed by atoms with Crippen LogP contribution in [0.3, 0.4) is 0 Å². The first-order chi connectivity index (χ1) is 7.66. The molecule has 1 amide bonds. The Bertz CT molecular complexity index is 389. The number of hydrogen-bond donors (Lipinski definition) is 2. The summed E-state index contributed by atoms with van der Waals surface area (Å²) in [6, 6.07) is 7.87. The van der Waals surface area contributed by atoms with Gasteiger partial charge in [0.15, 0.2) is 0 Å². The van der Waals surface area contributed by atoms with Gasteiger partial charge in [0.2, 0.25) is 5.91 Å². The van der Waals surface area contributed by atoms with E-state index in [1.807, 2.05) is 31.2 Å². The van der Waals surface area contributed by atoms with Gasteiger partial charge in [0.25, 0.3) is 0 Å². The Kier molecular flexibility index (Phi) is 3.25. The predicted octanol–water partition coefficient (Wildman–Crippen LogP) is 2.06. The highest BCUT2D eigenvalue weighted by atomic mass is 16.1. The summed E-state index contributed by atoms with van der Waals surface area (Å²) in [5.41, 5.74) is 7.91. The number of benzene rings is 1. The molecule has 0 aliphatic heterocycles. The molecule has 3 heteroatoms. The highest BCUT2D eigenvalue weighted by Gasteiger charge is 2.30. The minimum Gasteiger partial charge on any atom is -0.327 e. The number of hydrogen-bond acceptors (Lipinski definition) is 2. The van der Waals surface area contributed by atoms with Crippen LogP contribution in [0.4, 0.5) is 5.69 Å². The van der Waals surface area contributed by atoms with Gasteiger partial charge in [-0.15, -0.1) is 0 Å². The Morgan fingerprint density at radius 2 is 2.25 bits per heavy atom. The molecule has 0 saturated heterocycles. The van der Waals surface area contributed by atoms with Gasteiger partial charge in [-0.3, -0.25) is 4.79 Å². The van der Waals surface area contributed by atoms with Crippen molar-refractivity contribution >= 4 is 11.6 Å². The summed E-state index contributed by atoms with van der Waals surface area (Å²) in [6.07, 6.45) is 2.94. The highest BCUT2D eigenvalue weighted by Crippen LogP contribution is 2.25. The van der Waals surface area contributed by atoms with Gasteiger partial charge in [-0.2, -0.15) is 0 Å². The Morgan fingerprint density at radius 3 is 2.88 bits per heavy atom. The monoisotopic (exact) mass is 218 g/mol. The number of anilines is 1. The topological polar surface area (TPSA) is 55.1 Å². The summed E-state index contributed by atoms with van der Waals surface area (Å²) < 4.78 is 0. The second-order valence-corrected chi connectivity index (χ2v) is 4.56. The molecule has 1 fully saturated rings. The minimum atomic E-state index is -0.0134. The molecule has 0 aromatic heterocycles. The molecule has 2 atom stereocenters. The third kappa shape index (κ3) is 2.42. The van der Waals surface area contributed by atoms with Gasteiger partial charge in [-0.25, -0.2) is 0 Å². The Hall–Kier alpha value is -1.35. The predicted molar refractivity (Wildman–Crippen MR) is 65.1 cm³/mol. The van der Waals surface area contributed by atoms with E-state index in [2.05, 4.69) is 5.32 Å². The molecule has 0 spiro atoms. The van der Waals surface area contributed by atoms with Gasteiger partial charge in [-0.05, 0) is 37.5 Å². The number of carbonyl (C=O) groups is 1. The number of nitrogens with two attached hydrogens (primary N) is 1. The molecule has 0 radical (unpaired) electrons. The molecule has 1 aromatic carbocycles. The van der Waals surface area contributed by atoms with Crippen molar-refractivity contribution in [3.63, 3.8) is 0 Å². The minimum absolute atomic E-state index is 0.0134. The van der Waals surface area contributed by atoms with E-state index in [9.17, 15) is 4.79 Å². The zero-order valence-electron chi connectivity index (χ0n) is 9.57. The van der Waals surface area contributed by atoms with Crippen LogP contribution in [0.25, 0.3) is 0 Å². The van der Waals surface area contributed by atoms with Crippen LogP contribution in [0.15, 0.2) is 24.3 Å². The van der Waals surface area contributed by atoms with Crippen molar-refractivity contribution in [2.24, 2.45) is 11.7 Å². The van der Waals surface area contributed by atoms with Crippen molar-refractivity contribution in [1.29, 1.82) is 0 Å². The number of rotatable bonds is 2. The lowest BCUT2D eigenvalue weighted by atomic mass is 10.0. The Morgan fingerprint density at radius 1 is 1.44 bits per heavy atom. The van der Waals surface area contributed by atoms with Crippen molar-refractivity contribution in [1.82, 2.24) is 0 Å². The van der Waals surface area contributed by atoms with Crippen molar-refractivity contribution in [2.75, 3.05) is 5.32 Å². The van der Waals surface area contributed by atoms with Crippen LogP contribution in [0.2, 0.25) is 0 Å². The van der Waals surface area contributed by atoms with E-state index < -0.39 is 0 Å². The molecule has 3 N–H and O–H groups in total. The third-order valence-electron chi connectivity index (χ3n) is 3.19. The lowest BCUT2D eigenvalue weighted by Crippen LogP contribution is -2.34. The fourth-order valence-electron chi connectivity index (χ4n) is 2.27. The van der Waals surface area contributed by atoms with Gasteiger partial charge in [0, 0.05) is 11.7 Å². The van der Waals surface area contributed by atoms with E-state index in [-0.39, 0.29) is 17.9 Å². The Balaban J connectivity index is 2.02. The molecule has 1 aliphatic carbocycles. The molecule has 0 bridgehead atoms. The summed E-state index contributed by atoms with van der Waals surface area (Å²) in [5, 5.41) is 2.94. The van der Waals surface area contributed by atoms with Crippen molar-refractivity contribution in [3.8, 4) is 0 Å². The van der Waals surface area contributed by atoms with Crippen LogP contribution in [-0.2, 0) is 4.79 Å². The van der Waals surface area contributed by atoms with Crippen LogP contribution < -0.4 is 11.1 Å². The molecule has 1 aliphatic rings. The van der Waals surface area contributed by atoms with Crippen LogP contribution in [0, 0.1) is 12.8 Å². The molecule has 3 nitrogen and oxygen atoms in total. The smallest absolute Gasteiger partial charge is 0.229 e. The molecule has 0 heterocycles. The van der Waals surface area contributed by atoms with E-state index in [0.717, 1.165) is 30.5 Å². The fourth-order valence-corrected chi connectivity index (χ4v) is 2.27. The van der Waals surface area contributed by atoms with Gasteiger partial charge in [-0.1, -0.05) is 18.6 Å². The number of nitrogens with one attached hydrogen (secondary N) is 1. The second-order valence-electron chi connectivity index (χ2n) is 4.56. The first-order valence-electron chi connectivity index (χ1n) is 5.80. The summed E-state index contributed by atoms with van der Waals surface area (Å²) in [7, 11) is 0. The normalized spacial score (nSPS) is 24.4. The van der Waals surface area contributed by atoms with Gasteiger partial charge in [0.05, 0.1) is 5.92 Å². The zero-order chi connectivity index (χ0) is 11.5. The van der Waals surface area contributed by atoms with Gasteiger partial charge >= 0.3 is 0 Å². The maximum atomic E-state index is 11.9. The third-order valence-corrected chi connectivity index (χ3v) is 3.19. The lowest BCUT2D eigenvalue weighted by Gasteiger charge is -2.15. The van der Waals surface area contributed by atoms with Gasteiger partial charge in [0.1, 0.15) is 0 Å². The zero-order valence-corrected chi connectivity index (χ0v) is 9.57. The molecular weight excluding hydrogens is 200 g/mol. The summed E-state index contributed by atoms with van der Waals surface area (Å²) in [4.78, 5) is 11.9. The van der Waals surface area contributed by atoms with E-state index in [1.165, 1.54) is 0 Å². The van der Waals surface area contributed by atoms with E-state index in [0.29, 0.717) is 0 Å². The van der Waals surface area contributed by atoms with Crippen LogP contribution in [-0.4, -0.2) is 11.9 Å². The fraction of sp³-hybridized carbons (Fsp3) is 0.462. The number of amides is 1. The van der Waals surface area contributed by atoms with Crippen molar-refractivity contribution in [2.45, 2.75) is 32.2 Å². The average molecular weight is 218 g/mol. The highest BCUT2D eigenvalue weighted by molar-refractivity contribution is 5.93. The quantitative estimate of drug-likeness (QED) is 0.798. The molecule has 86 valence electrons. The molecule has 1 aromatic rings. The van der Waals surface area contributed by atoms with Crippen LogP contribution >= 0.6 is 0 Å². The maximum Gasteiger partial charge on any atom is 0.229 e. The molecule has 2 unspecified atom stereocenters. The number of aryl methyl sites for hydroxylation is 1. The van der Waals surface area contributed by atoms with Gasteiger partial charge < -0.3 is 11.1 Å².